The SMILES string of the molecule is C#CC#Cc1ccc(-c2ccc(C(C)C)cc2)cc1. The normalized spacial score (nSPS) is 9.58. The van der Waals surface area contributed by atoms with Crippen LogP contribution in [0.3, 0.4) is 0 Å². The van der Waals surface area contributed by atoms with Gasteiger partial charge in [0.2, 0.25) is 0 Å². The first-order valence-electron chi connectivity index (χ1n) is 6.37. The summed E-state index contributed by atoms with van der Waals surface area (Å²) in [5, 5.41) is 0. The molecule has 0 aliphatic heterocycles. The van der Waals surface area contributed by atoms with E-state index in [1.54, 1.807) is 0 Å². The van der Waals surface area contributed by atoms with Crippen molar-refractivity contribution in [3.05, 3.63) is 59.7 Å². The molecule has 0 saturated carbocycles. The molecule has 0 aliphatic rings. The van der Waals surface area contributed by atoms with E-state index < -0.39 is 0 Å². The van der Waals surface area contributed by atoms with Gasteiger partial charge in [-0.25, -0.2) is 0 Å². The van der Waals surface area contributed by atoms with Crippen molar-refractivity contribution in [2.45, 2.75) is 19.8 Å². The largest absolute Gasteiger partial charge is 0.106 e. The van der Waals surface area contributed by atoms with Crippen molar-refractivity contribution in [3.8, 4) is 35.3 Å². The van der Waals surface area contributed by atoms with Gasteiger partial charge in [0.15, 0.2) is 0 Å². The van der Waals surface area contributed by atoms with Crippen LogP contribution in [0.25, 0.3) is 11.1 Å². The molecule has 0 saturated heterocycles. The van der Waals surface area contributed by atoms with Crippen LogP contribution >= 0.6 is 0 Å². The third kappa shape index (κ3) is 3.27. The van der Waals surface area contributed by atoms with E-state index in [0.717, 1.165) is 5.56 Å². The second-order valence-electron chi connectivity index (χ2n) is 4.75. The Labute approximate surface area is 115 Å². The highest BCUT2D eigenvalue weighted by Gasteiger charge is 2.00. The van der Waals surface area contributed by atoms with Crippen LogP contribution in [0.2, 0.25) is 0 Å². The van der Waals surface area contributed by atoms with Crippen molar-refractivity contribution in [3.63, 3.8) is 0 Å². The molecule has 0 aromatic heterocycles. The maximum Gasteiger partial charge on any atom is 0.0255 e. The molecule has 0 amide bonds. The van der Waals surface area contributed by atoms with Gasteiger partial charge in [0.25, 0.3) is 0 Å². The van der Waals surface area contributed by atoms with Crippen LogP contribution in [-0.4, -0.2) is 0 Å². The van der Waals surface area contributed by atoms with Crippen LogP contribution < -0.4 is 0 Å². The zero-order chi connectivity index (χ0) is 13.7. The maximum absolute atomic E-state index is 5.11. The van der Waals surface area contributed by atoms with Crippen molar-refractivity contribution < 1.29 is 0 Å². The molecule has 0 atom stereocenters. The van der Waals surface area contributed by atoms with Gasteiger partial charge in [-0.3, -0.25) is 0 Å². The van der Waals surface area contributed by atoms with Crippen LogP contribution in [-0.2, 0) is 0 Å². The van der Waals surface area contributed by atoms with Crippen molar-refractivity contribution in [2.75, 3.05) is 0 Å². The average molecular weight is 244 g/mol. The highest BCUT2D eigenvalue weighted by molar-refractivity contribution is 5.64. The van der Waals surface area contributed by atoms with E-state index in [9.17, 15) is 0 Å². The molecule has 0 bridgehead atoms. The molecule has 0 radical (unpaired) electrons. The summed E-state index contributed by atoms with van der Waals surface area (Å²) >= 11 is 0. The van der Waals surface area contributed by atoms with Crippen molar-refractivity contribution >= 4 is 0 Å². The number of hydrogen-bond donors (Lipinski definition) is 0. The third-order valence-electron chi connectivity index (χ3n) is 3.07. The third-order valence-corrected chi connectivity index (χ3v) is 3.07. The van der Waals surface area contributed by atoms with E-state index in [0.29, 0.717) is 5.92 Å². The molecular formula is C19H16. The fraction of sp³-hybridized carbons (Fsp3) is 0.158. The summed E-state index contributed by atoms with van der Waals surface area (Å²) in [5.74, 6) is 8.42. The Morgan fingerprint density at radius 2 is 1.37 bits per heavy atom. The van der Waals surface area contributed by atoms with Crippen molar-refractivity contribution in [1.29, 1.82) is 0 Å². The summed E-state index contributed by atoms with van der Waals surface area (Å²) < 4.78 is 0. The van der Waals surface area contributed by atoms with E-state index in [2.05, 4.69) is 68.0 Å². The van der Waals surface area contributed by atoms with Gasteiger partial charge in [0.1, 0.15) is 0 Å². The molecule has 0 heterocycles. The smallest absolute Gasteiger partial charge is 0.0255 e. The Morgan fingerprint density at radius 1 is 0.842 bits per heavy atom. The predicted octanol–water partition coefficient (Wildman–Crippen LogP) is 4.46. The Bertz CT molecular complexity index is 638. The number of hydrogen-bond acceptors (Lipinski definition) is 0. The zero-order valence-corrected chi connectivity index (χ0v) is 11.3. The summed E-state index contributed by atoms with van der Waals surface area (Å²) in [4.78, 5) is 0. The van der Waals surface area contributed by atoms with Crippen LogP contribution in [0.4, 0.5) is 0 Å². The van der Waals surface area contributed by atoms with Crippen molar-refractivity contribution in [2.24, 2.45) is 0 Å². The van der Waals surface area contributed by atoms with Crippen LogP contribution in [0.1, 0.15) is 30.9 Å². The molecule has 92 valence electrons. The minimum absolute atomic E-state index is 0.565. The van der Waals surface area contributed by atoms with Gasteiger partial charge in [-0.1, -0.05) is 56.2 Å². The highest BCUT2D eigenvalue weighted by atomic mass is 14.1. The summed E-state index contributed by atoms with van der Waals surface area (Å²) in [7, 11) is 0. The quantitative estimate of drug-likeness (QED) is 0.684. The second-order valence-corrected chi connectivity index (χ2v) is 4.75. The minimum atomic E-state index is 0.565. The molecule has 19 heavy (non-hydrogen) atoms. The van der Waals surface area contributed by atoms with Gasteiger partial charge >= 0.3 is 0 Å². The van der Waals surface area contributed by atoms with Crippen LogP contribution in [0, 0.1) is 24.2 Å². The molecule has 0 nitrogen and oxygen atoms in total. The molecule has 0 aliphatic carbocycles. The molecule has 2 aromatic rings. The summed E-state index contributed by atoms with van der Waals surface area (Å²) in [6, 6.07) is 16.8. The molecule has 0 spiro atoms. The molecule has 0 N–H and O–H groups in total. The van der Waals surface area contributed by atoms with E-state index >= 15 is 0 Å². The average Bonchev–Trinajstić information content (AvgIpc) is 2.46. The van der Waals surface area contributed by atoms with Gasteiger partial charge in [-0.15, -0.1) is 6.42 Å². The number of benzene rings is 2. The Balaban J connectivity index is 2.25. The van der Waals surface area contributed by atoms with E-state index in [4.69, 9.17) is 6.42 Å². The standard InChI is InChI=1S/C19H16/c1-4-5-6-16-7-9-18(10-8-16)19-13-11-17(12-14-19)15(2)3/h1,7-15H,2-3H3. The topological polar surface area (TPSA) is 0 Å². The predicted molar refractivity (Wildman–Crippen MR) is 81.7 cm³/mol. The first-order chi connectivity index (χ1) is 9.20. The first kappa shape index (κ1) is 13.0. The molecule has 2 rings (SSSR count). The lowest BCUT2D eigenvalue weighted by Crippen LogP contribution is -1.86. The summed E-state index contributed by atoms with van der Waals surface area (Å²) in [5.41, 5.74) is 4.73. The molecule has 0 heteroatoms. The van der Waals surface area contributed by atoms with Crippen LogP contribution in [0.15, 0.2) is 48.5 Å². The summed E-state index contributed by atoms with van der Waals surface area (Å²) in [6.45, 7) is 4.40. The fourth-order valence-electron chi connectivity index (χ4n) is 1.91. The van der Waals surface area contributed by atoms with E-state index in [1.165, 1.54) is 16.7 Å². The lowest BCUT2D eigenvalue weighted by atomic mass is 9.98. The van der Waals surface area contributed by atoms with Gasteiger partial charge in [-0.05, 0) is 46.6 Å². The van der Waals surface area contributed by atoms with Crippen molar-refractivity contribution in [1.82, 2.24) is 0 Å². The van der Waals surface area contributed by atoms with Gasteiger partial charge in [-0.2, -0.15) is 0 Å². The second kappa shape index (κ2) is 5.94. The first-order valence-corrected chi connectivity index (χ1v) is 6.37. The highest BCUT2D eigenvalue weighted by Crippen LogP contribution is 2.22. The number of rotatable bonds is 2. The summed E-state index contributed by atoms with van der Waals surface area (Å²) in [6.07, 6.45) is 5.11. The molecular weight excluding hydrogens is 228 g/mol. The van der Waals surface area contributed by atoms with Gasteiger partial charge in [0, 0.05) is 5.56 Å². The fourth-order valence-corrected chi connectivity index (χ4v) is 1.91. The Kier molecular flexibility index (Phi) is 4.07. The molecule has 2 aromatic carbocycles. The molecule has 0 unspecified atom stereocenters. The minimum Gasteiger partial charge on any atom is -0.106 e. The monoisotopic (exact) mass is 244 g/mol. The van der Waals surface area contributed by atoms with E-state index in [-0.39, 0.29) is 0 Å². The number of terminal acetylenes is 1. The zero-order valence-electron chi connectivity index (χ0n) is 11.3. The van der Waals surface area contributed by atoms with Gasteiger partial charge < -0.3 is 0 Å². The lowest BCUT2D eigenvalue weighted by Gasteiger charge is -2.07. The lowest BCUT2D eigenvalue weighted by molar-refractivity contribution is 0.867. The Hall–Kier alpha value is -2.44. The maximum atomic E-state index is 5.11. The van der Waals surface area contributed by atoms with Gasteiger partial charge in [0.05, 0.1) is 0 Å². The van der Waals surface area contributed by atoms with E-state index in [1.807, 2.05) is 12.1 Å². The Morgan fingerprint density at radius 3 is 1.84 bits per heavy atom. The van der Waals surface area contributed by atoms with Crippen LogP contribution in [0.5, 0.6) is 0 Å². The molecule has 0 fully saturated rings.